The third-order valence-corrected chi connectivity index (χ3v) is 2.37. The molecule has 1 amide bonds. The maximum absolute atomic E-state index is 10.6. The van der Waals surface area contributed by atoms with E-state index in [1.165, 1.54) is 0 Å². The molecule has 0 atom stereocenters. The normalized spacial score (nSPS) is 11.5. The van der Waals surface area contributed by atoms with Gasteiger partial charge in [0.15, 0.2) is 0 Å². The van der Waals surface area contributed by atoms with Crippen molar-refractivity contribution in [3.05, 3.63) is 16.4 Å². The van der Waals surface area contributed by atoms with Gasteiger partial charge >= 0.3 is 6.09 Å². The van der Waals surface area contributed by atoms with Gasteiger partial charge in [0, 0.05) is 0 Å². The van der Waals surface area contributed by atoms with Gasteiger partial charge in [-0.25, -0.2) is 4.79 Å². The molecule has 1 aromatic rings. The number of aliphatic hydroxyl groups is 1. The quantitative estimate of drug-likeness (QED) is 0.777. The number of rotatable bonds is 4. The van der Waals surface area contributed by atoms with Gasteiger partial charge in [-0.05, 0) is 35.8 Å². The van der Waals surface area contributed by atoms with E-state index in [2.05, 4.69) is 26.3 Å². The van der Waals surface area contributed by atoms with E-state index in [-0.39, 0.29) is 6.61 Å². The molecule has 6 nitrogen and oxygen atoms in total. The van der Waals surface area contributed by atoms with Crippen LogP contribution in [0.1, 0.15) is 19.5 Å². The predicted molar refractivity (Wildman–Crippen MR) is 61.1 cm³/mol. The van der Waals surface area contributed by atoms with E-state index in [1.54, 1.807) is 24.6 Å². The van der Waals surface area contributed by atoms with Gasteiger partial charge < -0.3 is 15.5 Å². The number of halogens is 1. The van der Waals surface area contributed by atoms with E-state index < -0.39 is 11.6 Å². The second-order valence-corrected chi connectivity index (χ2v) is 4.90. The van der Waals surface area contributed by atoms with Crippen molar-refractivity contribution in [3.8, 4) is 0 Å². The number of amides is 1. The Hall–Kier alpha value is -1.08. The Kier molecular flexibility index (Phi) is 3.93. The topological polar surface area (TPSA) is 87.4 Å². The van der Waals surface area contributed by atoms with Gasteiger partial charge in [0.1, 0.15) is 4.60 Å². The fourth-order valence-corrected chi connectivity index (χ4v) is 1.84. The Bertz CT molecular complexity index is 389. The largest absolute Gasteiger partial charge is 0.465 e. The van der Waals surface area contributed by atoms with E-state index in [0.29, 0.717) is 16.8 Å². The lowest BCUT2D eigenvalue weighted by atomic mass is 10.1. The summed E-state index contributed by atoms with van der Waals surface area (Å²) < 4.78 is 2.18. The number of hydrogen-bond donors (Lipinski definition) is 3. The first-order chi connectivity index (χ1) is 7.34. The molecular formula is C9H14BrN3O3. The van der Waals surface area contributed by atoms with Gasteiger partial charge in [-0.2, -0.15) is 5.10 Å². The third kappa shape index (κ3) is 3.49. The Morgan fingerprint density at radius 2 is 2.31 bits per heavy atom. The monoisotopic (exact) mass is 291 g/mol. The zero-order valence-corrected chi connectivity index (χ0v) is 10.7. The average molecular weight is 292 g/mol. The van der Waals surface area contributed by atoms with Crippen molar-refractivity contribution in [1.29, 1.82) is 0 Å². The highest BCUT2D eigenvalue weighted by Crippen LogP contribution is 2.14. The highest BCUT2D eigenvalue weighted by atomic mass is 79.9. The molecule has 0 saturated heterocycles. The first-order valence-electron chi connectivity index (χ1n) is 4.68. The molecule has 1 rings (SSSR count). The molecule has 0 bridgehead atoms. The van der Waals surface area contributed by atoms with Crippen molar-refractivity contribution in [2.75, 3.05) is 0 Å². The van der Waals surface area contributed by atoms with Crippen LogP contribution in [-0.4, -0.2) is 31.6 Å². The van der Waals surface area contributed by atoms with Crippen LogP contribution in [0.2, 0.25) is 0 Å². The SMILES string of the molecule is CC(C)(Cn1nc(Br)cc1CO)NC(=O)O. The van der Waals surface area contributed by atoms with Gasteiger partial charge in [-0.15, -0.1) is 0 Å². The molecule has 0 aliphatic rings. The van der Waals surface area contributed by atoms with Crippen LogP contribution in [0, 0.1) is 0 Å². The van der Waals surface area contributed by atoms with Crippen molar-refractivity contribution in [2.45, 2.75) is 32.5 Å². The molecule has 0 aliphatic heterocycles. The summed E-state index contributed by atoms with van der Waals surface area (Å²) in [6, 6.07) is 1.69. The second kappa shape index (κ2) is 4.84. The molecule has 0 saturated carbocycles. The van der Waals surface area contributed by atoms with E-state index in [1.807, 2.05) is 0 Å². The van der Waals surface area contributed by atoms with Gasteiger partial charge in [0.05, 0.1) is 24.4 Å². The molecule has 0 radical (unpaired) electrons. The van der Waals surface area contributed by atoms with E-state index in [0.717, 1.165) is 0 Å². The number of aliphatic hydroxyl groups excluding tert-OH is 1. The molecule has 0 aromatic carbocycles. The standard InChI is InChI=1S/C9H14BrN3O3/c1-9(2,11-8(15)16)5-13-6(4-14)3-7(10)12-13/h3,11,14H,4-5H2,1-2H3,(H,15,16). The molecule has 1 heterocycles. The summed E-state index contributed by atoms with van der Waals surface area (Å²) in [5, 5.41) is 24.3. The Balaban J connectivity index is 2.82. The van der Waals surface area contributed by atoms with Crippen LogP contribution >= 0.6 is 15.9 Å². The lowest BCUT2D eigenvalue weighted by molar-refractivity contribution is 0.177. The number of nitrogens with one attached hydrogen (secondary N) is 1. The van der Waals surface area contributed by atoms with Crippen molar-refractivity contribution in [3.63, 3.8) is 0 Å². The van der Waals surface area contributed by atoms with Crippen LogP contribution in [0.5, 0.6) is 0 Å². The van der Waals surface area contributed by atoms with Crippen LogP contribution < -0.4 is 5.32 Å². The molecule has 0 spiro atoms. The summed E-state index contributed by atoms with van der Waals surface area (Å²) in [5.41, 5.74) is -0.0200. The minimum Gasteiger partial charge on any atom is -0.465 e. The molecule has 0 aliphatic carbocycles. The summed E-state index contributed by atoms with van der Waals surface area (Å²) in [5.74, 6) is 0. The lowest BCUT2D eigenvalue weighted by Gasteiger charge is -2.25. The maximum Gasteiger partial charge on any atom is 0.405 e. The summed E-state index contributed by atoms with van der Waals surface area (Å²) in [4.78, 5) is 10.6. The van der Waals surface area contributed by atoms with Crippen LogP contribution in [0.4, 0.5) is 4.79 Å². The fourth-order valence-electron chi connectivity index (χ4n) is 1.39. The van der Waals surface area contributed by atoms with Crippen LogP contribution in [0.3, 0.4) is 0 Å². The molecule has 90 valence electrons. The molecule has 0 unspecified atom stereocenters. The van der Waals surface area contributed by atoms with Gasteiger partial charge in [0.25, 0.3) is 0 Å². The maximum atomic E-state index is 10.6. The summed E-state index contributed by atoms with van der Waals surface area (Å²) in [7, 11) is 0. The average Bonchev–Trinajstić information content (AvgIpc) is 2.42. The Morgan fingerprint density at radius 1 is 1.69 bits per heavy atom. The minimum absolute atomic E-state index is 0.137. The third-order valence-electron chi connectivity index (χ3n) is 1.99. The number of carboxylic acid groups (broad SMARTS) is 1. The van der Waals surface area contributed by atoms with Crippen molar-refractivity contribution in [2.24, 2.45) is 0 Å². The summed E-state index contributed by atoms with van der Waals surface area (Å²) in [6.45, 7) is 3.71. The fraction of sp³-hybridized carbons (Fsp3) is 0.556. The van der Waals surface area contributed by atoms with Crippen molar-refractivity contribution < 1.29 is 15.0 Å². The molecule has 3 N–H and O–H groups in total. The zero-order valence-electron chi connectivity index (χ0n) is 9.07. The smallest absolute Gasteiger partial charge is 0.405 e. The van der Waals surface area contributed by atoms with E-state index >= 15 is 0 Å². The van der Waals surface area contributed by atoms with E-state index in [4.69, 9.17) is 10.2 Å². The minimum atomic E-state index is -1.08. The first-order valence-corrected chi connectivity index (χ1v) is 5.47. The molecular weight excluding hydrogens is 278 g/mol. The van der Waals surface area contributed by atoms with Gasteiger partial charge in [-0.3, -0.25) is 4.68 Å². The Morgan fingerprint density at radius 3 is 2.81 bits per heavy atom. The number of carbonyl (C=O) groups is 1. The zero-order chi connectivity index (χ0) is 12.3. The van der Waals surface area contributed by atoms with Crippen molar-refractivity contribution >= 4 is 22.0 Å². The molecule has 7 heteroatoms. The highest BCUT2D eigenvalue weighted by Gasteiger charge is 2.22. The highest BCUT2D eigenvalue weighted by molar-refractivity contribution is 9.10. The number of aromatic nitrogens is 2. The van der Waals surface area contributed by atoms with Crippen molar-refractivity contribution in [1.82, 2.24) is 15.1 Å². The van der Waals surface area contributed by atoms with Crippen LogP contribution in [-0.2, 0) is 13.2 Å². The second-order valence-electron chi connectivity index (χ2n) is 4.09. The molecule has 1 aromatic heterocycles. The lowest BCUT2D eigenvalue weighted by Crippen LogP contribution is -2.46. The van der Waals surface area contributed by atoms with Gasteiger partial charge in [0.2, 0.25) is 0 Å². The number of nitrogens with zero attached hydrogens (tertiary/aromatic N) is 2. The first kappa shape index (κ1) is 13.0. The van der Waals surface area contributed by atoms with E-state index in [9.17, 15) is 4.79 Å². The summed E-state index contributed by atoms with van der Waals surface area (Å²) >= 11 is 3.20. The number of hydrogen-bond acceptors (Lipinski definition) is 3. The molecule has 0 fully saturated rings. The van der Waals surface area contributed by atoms with Gasteiger partial charge in [-0.1, -0.05) is 0 Å². The predicted octanol–water partition coefficient (Wildman–Crippen LogP) is 1.18. The molecule has 16 heavy (non-hydrogen) atoms. The van der Waals surface area contributed by atoms with Crippen LogP contribution in [0.15, 0.2) is 10.7 Å². The Labute approximate surface area is 101 Å². The van der Waals surface area contributed by atoms with Crippen LogP contribution in [0.25, 0.3) is 0 Å². The summed E-state index contributed by atoms with van der Waals surface area (Å²) in [6.07, 6.45) is -1.08.